The van der Waals surface area contributed by atoms with Gasteiger partial charge in [-0.1, -0.05) is 122 Å². The van der Waals surface area contributed by atoms with Gasteiger partial charge in [0.25, 0.3) is 0 Å². The van der Waals surface area contributed by atoms with Crippen molar-refractivity contribution in [1.82, 2.24) is 0 Å². The summed E-state index contributed by atoms with van der Waals surface area (Å²) in [5, 5.41) is 10.3. The van der Waals surface area contributed by atoms with Crippen LogP contribution in [0.4, 0.5) is 0 Å². The zero-order valence-electron chi connectivity index (χ0n) is 17.6. The van der Waals surface area contributed by atoms with Crippen LogP contribution in [0.3, 0.4) is 0 Å². The standard InChI is InChI=1S/C25H44O/c1-3-5-7-9-11-13-15-19-23(24-21-17-18-22-25(24)26)20-16-14-12-10-8-6-4-2/h17-18,21-23,26H,3-16,19-20H2,1-2H3. The summed E-state index contributed by atoms with van der Waals surface area (Å²) in [6, 6.07) is 8.02. The van der Waals surface area contributed by atoms with Crippen molar-refractivity contribution in [2.45, 2.75) is 122 Å². The Labute approximate surface area is 163 Å². The Morgan fingerprint density at radius 3 is 1.50 bits per heavy atom. The van der Waals surface area contributed by atoms with Crippen molar-refractivity contribution >= 4 is 0 Å². The van der Waals surface area contributed by atoms with Crippen LogP contribution in [-0.4, -0.2) is 5.11 Å². The molecule has 0 bridgehead atoms. The molecule has 1 rings (SSSR count). The van der Waals surface area contributed by atoms with Gasteiger partial charge in [-0.25, -0.2) is 0 Å². The molecule has 1 nitrogen and oxygen atoms in total. The van der Waals surface area contributed by atoms with Gasteiger partial charge >= 0.3 is 0 Å². The molecule has 0 radical (unpaired) electrons. The van der Waals surface area contributed by atoms with E-state index in [0.717, 1.165) is 0 Å². The zero-order valence-corrected chi connectivity index (χ0v) is 17.6. The van der Waals surface area contributed by atoms with E-state index in [4.69, 9.17) is 0 Å². The van der Waals surface area contributed by atoms with Crippen LogP contribution < -0.4 is 0 Å². The molecule has 0 fully saturated rings. The predicted octanol–water partition coefficient (Wildman–Crippen LogP) is 8.76. The number of aromatic hydroxyl groups is 1. The van der Waals surface area contributed by atoms with Crippen molar-refractivity contribution in [3.8, 4) is 5.75 Å². The average molecular weight is 361 g/mol. The van der Waals surface area contributed by atoms with Gasteiger partial charge in [0.15, 0.2) is 0 Å². The lowest BCUT2D eigenvalue weighted by Gasteiger charge is -2.18. The molecule has 0 aromatic heterocycles. The summed E-state index contributed by atoms with van der Waals surface area (Å²) in [5.74, 6) is 1.05. The molecule has 0 saturated carbocycles. The summed E-state index contributed by atoms with van der Waals surface area (Å²) in [7, 11) is 0. The normalized spacial score (nSPS) is 11.3. The second-order valence-corrected chi connectivity index (χ2v) is 8.08. The Balaban J connectivity index is 2.32. The van der Waals surface area contributed by atoms with E-state index in [9.17, 15) is 5.11 Å². The third-order valence-corrected chi connectivity index (χ3v) is 5.69. The van der Waals surface area contributed by atoms with Gasteiger partial charge in [0.05, 0.1) is 0 Å². The van der Waals surface area contributed by atoms with E-state index in [-0.39, 0.29) is 0 Å². The van der Waals surface area contributed by atoms with E-state index in [2.05, 4.69) is 26.0 Å². The van der Waals surface area contributed by atoms with E-state index in [1.54, 1.807) is 0 Å². The minimum absolute atomic E-state index is 0.503. The highest BCUT2D eigenvalue weighted by molar-refractivity contribution is 5.34. The molecule has 26 heavy (non-hydrogen) atoms. The minimum Gasteiger partial charge on any atom is -0.508 e. The molecule has 0 aliphatic carbocycles. The number of unbranched alkanes of at least 4 members (excludes halogenated alkanes) is 12. The van der Waals surface area contributed by atoms with Crippen LogP contribution in [0.5, 0.6) is 5.75 Å². The molecule has 0 aliphatic rings. The topological polar surface area (TPSA) is 20.2 Å². The second kappa shape index (κ2) is 16.2. The zero-order chi connectivity index (χ0) is 18.9. The maximum atomic E-state index is 10.3. The van der Waals surface area contributed by atoms with Crippen LogP contribution in [0.2, 0.25) is 0 Å². The number of phenols is 1. The van der Waals surface area contributed by atoms with Crippen LogP contribution in [0, 0.1) is 0 Å². The Hall–Kier alpha value is -0.980. The highest BCUT2D eigenvalue weighted by Crippen LogP contribution is 2.33. The molecule has 1 N–H and O–H groups in total. The third kappa shape index (κ3) is 10.9. The number of hydrogen-bond donors (Lipinski definition) is 1. The molecule has 0 aliphatic heterocycles. The highest BCUT2D eigenvalue weighted by Gasteiger charge is 2.14. The van der Waals surface area contributed by atoms with Crippen LogP contribution >= 0.6 is 0 Å². The first-order valence-electron chi connectivity index (χ1n) is 11.6. The van der Waals surface area contributed by atoms with E-state index in [1.807, 2.05) is 12.1 Å². The highest BCUT2D eigenvalue weighted by atomic mass is 16.3. The Morgan fingerprint density at radius 2 is 1.04 bits per heavy atom. The Bertz CT molecular complexity index is 408. The van der Waals surface area contributed by atoms with Gasteiger partial charge in [-0.2, -0.15) is 0 Å². The maximum absolute atomic E-state index is 10.3. The molecule has 0 saturated heterocycles. The molecule has 1 heteroatoms. The number of para-hydroxylation sites is 1. The van der Waals surface area contributed by atoms with Gasteiger partial charge in [-0.05, 0) is 30.4 Å². The summed E-state index contributed by atoms with van der Waals surface area (Å²) >= 11 is 0. The number of hydrogen-bond acceptors (Lipinski definition) is 1. The van der Waals surface area contributed by atoms with E-state index >= 15 is 0 Å². The molecule has 0 amide bonds. The molecule has 1 aromatic carbocycles. The number of benzene rings is 1. The van der Waals surface area contributed by atoms with Crippen molar-refractivity contribution in [1.29, 1.82) is 0 Å². The van der Waals surface area contributed by atoms with Gasteiger partial charge in [0, 0.05) is 0 Å². The first-order chi connectivity index (χ1) is 12.8. The SMILES string of the molecule is CCCCCCCCCC(CCCCCCCCC)c1ccccc1O. The minimum atomic E-state index is 0.503. The molecule has 0 spiro atoms. The average Bonchev–Trinajstić information content (AvgIpc) is 2.65. The summed E-state index contributed by atoms with van der Waals surface area (Å²) < 4.78 is 0. The molecular weight excluding hydrogens is 316 g/mol. The fourth-order valence-corrected chi connectivity index (χ4v) is 3.98. The molecule has 0 heterocycles. The lowest BCUT2D eigenvalue weighted by molar-refractivity contribution is 0.438. The second-order valence-electron chi connectivity index (χ2n) is 8.08. The Morgan fingerprint density at radius 1 is 0.615 bits per heavy atom. The van der Waals surface area contributed by atoms with Crippen molar-refractivity contribution in [3.63, 3.8) is 0 Å². The van der Waals surface area contributed by atoms with Crippen molar-refractivity contribution in [2.24, 2.45) is 0 Å². The lowest BCUT2D eigenvalue weighted by Crippen LogP contribution is -2.00. The number of phenolic OH excluding ortho intramolecular Hbond substituents is 1. The fraction of sp³-hybridized carbons (Fsp3) is 0.760. The van der Waals surface area contributed by atoms with Gasteiger partial charge in [-0.3, -0.25) is 0 Å². The third-order valence-electron chi connectivity index (χ3n) is 5.69. The summed E-state index contributed by atoms with van der Waals surface area (Å²) in [6.45, 7) is 4.56. The van der Waals surface area contributed by atoms with Crippen LogP contribution in [0.25, 0.3) is 0 Å². The van der Waals surface area contributed by atoms with Crippen LogP contribution in [0.1, 0.15) is 128 Å². The first kappa shape index (κ1) is 23.1. The first-order valence-corrected chi connectivity index (χ1v) is 11.6. The summed E-state index contributed by atoms with van der Waals surface area (Å²) in [6.07, 6.45) is 21.6. The monoisotopic (exact) mass is 360 g/mol. The van der Waals surface area contributed by atoms with Gasteiger partial charge in [0.2, 0.25) is 0 Å². The number of rotatable bonds is 17. The van der Waals surface area contributed by atoms with Crippen LogP contribution in [0.15, 0.2) is 24.3 Å². The molecule has 0 unspecified atom stereocenters. The van der Waals surface area contributed by atoms with Gasteiger partial charge in [0.1, 0.15) is 5.75 Å². The molecular formula is C25H44O. The van der Waals surface area contributed by atoms with Gasteiger partial charge < -0.3 is 5.11 Å². The largest absolute Gasteiger partial charge is 0.508 e. The molecule has 150 valence electrons. The Kier molecular flexibility index (Phi) is 14.4. The smallest absolute Gasteiger partial charge is 0.119 e. The van der Waals surface area contributed by atoms with Crippen LogP contribution in [-0.2, 0) is 0 Å². The van der Waals surface area contributed by atoms with E-state index in [0.29, 0.717) is 11.7 Å². The van der Waals surface area contributed by atoms with E-state index in [1.165, 1.54) is 108 Å². The van der Waals surface area contributed by atoms with Crippen molar-refractivity contribution in [2.75, 3.05) is 0 Å². The van der Waals surface area contributed by atoms with E-state index < -0.39 is 0 Å². The van der Waals surface area contributed by atoms with Crippen molar-refractivity contribution in [3.05, 3.63) is 29.8 Å². The maximum Gasteiger partial charge on any atom is 0.119 e. The summed E-state index contributed by atoms with van der Waals surface area (Å²) in [5.41, 5.74) is 1.18. The fourth-order valence-electron chi connectivity index (χ4n) is 3.98. The molecule has 1 aromatic rings. The summed E-state index contributed by atoms with van der Waals surface area (Å²) in [4.78, 5) is 0. The predicted molar refractivity (Wildman–Crippen MR) is 116 cm³/mol. The quantitative estimate of drug-likeness (QED) is 0.275. The van der Waals surface area contributed by atoms with Gasteiger partial charge in [-0.15, -0.1) is 0 Å². The lowest BCUT2D eigenvalue weighted by atomic mass is 9.87. The van der Waals surface area contributed by atoms with Crippen molar-refractivity contribution < 1.29 is 5.11 Å². The molecule has 0 atom stereocenters.